The maximum absolute atomic E-state index is 13.4. The van der Waals surface area contributed by atoms with Crippen LogP contribution in [-0.2, 0) is 22.3 Å². The molecular formula is C22H14ClF3N4O2S. The van der Waals surface area contributed by atoms with Crippen LogP contribution in [0.4, 0.5) is 13.2 Å². The van der Waals surface area contributed by atoms with E-state index in [0.717, 1.165) is 17.0 Å². The Bertz CT molecular complexity index is 1370. The Balaban J connectivity index is 1.39. The van der Waals surface area contributed by atoms with E-state index >= 15 is 0 Å². The number of halogens is 4. The van der Waals surface area contributed by atoms with Gasteiger partial charge in [-0.25, -0.2) is 0 Å². The standard InChI is InChI=1S/C22H14ClF3N4O2S/c23-15-3-2-13(17(7-15)22(24,25)26)9-30-18-4-1-12(5-14(18)8-27-30)6-19-20(32)28-21(33-19)29-10-16(31)11-29/h1-8H,9-11H2. The van der Waals surface area contributed by atoms with E-state index in [1.165, 1.54) is 28.6 Å². The number of hydrogen-bond acceptors (Lipinski definition) is 5. The molecule has 168 valence electrons. The van der Waals surface area contributed by atoms with Gasteiger partial charge in [-0.3, -0.25) is 14.3 Å². The monoisotopic (exact) mass is 490 g/mol. The number of fused-ring (bicyclic) bond motifs is 1. The first-order valence-electron chi connectivity index (χ1n) is 9.78. The predicted octanol–water partition coefficient (Wildman–Crippen LogP) is 4.61. The first kappa shape index (κ1) is 21.7. The van der Waals surface area contributed by atoms with Crippen molar-refractivity contribution in [1.29, 1.82) is 0 Å². The highest BCUT2D eigenvalue weighted by Crippen LogP contribution is 2.35. The van der Waals surface area contributed by atoms with Gasteiger partial charge >= 0.3 is 6.18 Å². The van der Waals surface area contributed by atoms with Crippen LogP contribution in [0.2, 0.25) is 5.02 Å². The summed E-state index contributed by atoms with van der Waals surface area (Å²) in [6, 6.07) is 9.00. The molecule has 1 fully saturated rings. The zero-order valence-electron chi connectivity index (χ0n) is 16.8. The number of carbonyl (C=O) groups is 2. The lowest BCUT2D eigenvalue weighted by molar-refractivity contribution is -0.138. The van der Waals surface area contributed by atoms with Gasteiger partial charge in [-0.1, -0.05) is 23.7 Å². The average Bonchev–Trinajstić information content (AvgIpc) is 3.29. The van der Waals surface area contributed by atoms with E-state index in [2.05, 4.69) is 10.1 Å². The molecule has 5 rings (SSSR count). The number of alkyl halides is 3. The van der Waals surface area contributed by atoms with Crippen LogP contribution in [0.5, 0.6) is 0 Å². The van der Waals surface area contributed by atoms with Gasteiger partial charge in [-0.15, -0.1) is 0 Å². The Morgan fingerprint density at radius 1 is 1.12 bits per heavy atom. The molecule has 6 nitrogen and oxygen atoms in total. The lowest BCUT2D eigenvalue weighted by Crippen LogP contribution is -2.49. The highest BCUT2D eigenvalue weighted by molar-refractivity contribution is 8.18. The minimum atomic E-state index is -4.53. The van der Waals surface area contributed by atoms with E-state index in [0.29, 0.717) is 15.6 Å². The van der Waals surface area contributed by atoms with E-state index in [1.54, 1.807) is 35.4 Å². The van der Waals surface area contributed by atoms with Crippen LogP contribution in [-0.4, -0.2) is 44.6 Å². The van der Waals surface area contributed by atoms with E-state index in [9.17, 15) is 22.8 Å². The molecule has 0 bridgehead atoms. The minimum absolute atomic E-state index is 0.0150. The third kappa shape index (κ3) is 4.28. The van der Waals surface area contributed by atoms with Gasteiger partial charge in [0.1, 0.15) is 0 Å². The summed E-state index contributed by atoms with van der Waals surface area (Å²) in [7, 11) is 0. The van der Waals surface area contributed by atoms with Crippen LogP contribution >= 0.6 is 23.4 Å². The number of amides is 1. The molecule has 0 radical (unpaired) electrons. The molecule has 2 aliphatic rings. The van der Waals surface area contributed by atoms with Crippen molar-refractivity contribution in [1.82, 2.24) is 14.7 Å². The van der Waals surface area contributed by atoms with E-state index in [-0.39, 0.29) is 41.9 Å². The lowest BCUT2D eigenvalue weighted by Gasteiger charge is -2.29. The van der Waals surface area contributed by atoms with Crippen molar-refractivity contribution in [2.45, 2.75) is 12.7 Å². The Labute approximate surface area is 194 Å². The number of amidine groups is 1. The number of rotatable bonds is 3. The molecule has 2 aliphatic heterocycles. The smallest absolute Gasteiger partial charge is 0.336 e. The Morgan fingerprint density at radius 2 is 1.91 bits per heavy atom. The van der Waals surface area contributed by atoms with Crippen molar-refractivity contribution < 1.29 is 22.8 Å². The number of hydrogen-bond donors (Lipinski definition) is 0. The van der Waals surface area contributed by atoms with Crippen LogP contribution in [0.25, 0.3) is 17.0 Å². The fraction of sp³-hybridized carbons (Fsp3) is 0.182. The SMILES string of the molecule is O=C1CN(C2=NC(=O)C(=Cc3ccc4c(cnn4Cc4ccc(Cl)cc4C(F)(F)F)c3)S2)C1. The minimum Gasteiger partial charge on any atom is -0.336 e. The summed E-state index contributed by atoms with van der Waals surface area (Å²) in [5, 5.41) is 5.50. The van der Waals surface area contributed by atoms with Gasteiger partial charge in [0.15, 0.2) is 11.0 Å². The molecule has 1 amide bonds. The molecule has 1 saturated heterocycles. The van der Waals surface area contributed by atoms with Crippen molar-refractivity contribution >= 4 is 57.2 Å². The summed E-state index contributed by atoms with van der Waals surface area (Å²) in [6.45, 7) is 0.457. The van der Waals surface area contributed by atoms with Crippen LogP contribution in [0.15, 0.2) is 52.5 Å². The fourth-order valence-electron chi connectivity index (χ4n) is 3.63. The summed E-state index contributed by atoms with van der Waals surface area (Å²) < 4.78 is 41.7. The van der Waals surface area contributed by atoms with Gasteiger partial charge in [0.25, 0.3) is 5.91 Å². The second-order valence-corrected chi connectivity index (χ2v) is 9.07. The molecule has 3 heterocycles. The molecule has 0 spiro atoms. The van der Waals surface area contributed by atoms with Gasteiger partial charge in [0, 0.05) is 10.4 Å². The van der Waals surface area contributed by atoms with E-state index in [4.69, 9.17) is 11.6 Å². The first-order chi connectivity index (χ1) is 15.7. The van der Waals surface area contributed by atoms with Crippen LogP contribution in [0.3, 0.4) is 0 Å². The van der Waals surface area contributed by atoms with Gasteiger partial charge in [0.2, 0.25) is 0 Å². The maximum Gasteiger partial charge on any atom is 0.416 e. The number of likely N-dealkylation sites (tertiary alicyclic amines) is 1. The molecule has 33 heavy (non-hydrogen) atoms. The van der Waals surface area contributed by atoms with E-state index < -0.39 is 11.7 Å². The van der Waals surface area contributed by atoms with Gasteiger partial charge < -0.3 is 4.90 Å². The molecular weight excluding hydrogens is 477 g/mol. The number of aliphatic imine (C=N–C) groups is 1. The lowest BCUT2D eigenvalue weighted by atomic mass is 10.1. The van der Waals surface area contributed by atoms with Crippen LogP contribution < -0.4 is 0 Å². The highest BCUT2D eigenvalue weighted by atomic mass is 35.5. The second-order valence-electron chi connectivity index (χ2n) is 7.62. The average molecular weight is 491 g/mol. The van der Waals surface area contributed by atoms with Crippen molar-refractivity contribution in [3.8, 4) is 0 Å². The zero-order valence-corrected chi connectivity index (χ0v) is 18.3. The molecule has 0 atom stereocenters. The van der Waals surface area contributed by atoms with Crippen molar-refractivity contribution in [3.05, 3.63) is 69.2 Å². The number of benzene rings is 2. The zero-order chi connectivity index (χ0) is 23.3. The summed E-state index contributed by atoms with van der Waals surface area (Å²) in [5.41, 5.74) is 0.653. The van der Waals surface area contributed by atoms with Crippen molar-refractivity contribution in [2.75, 3.05) is 13.1 Å². The summed E-state index contributed by atoms with van der Waals surface area (Å²) in [4.78, 5) is 29.6. The van der Waals surface area contributed by atoms with Gasteiger partial charge in [0.05, 0.1) is 41.8 Å². The second kappa shape index (κ2) is 8.03. The molecule has 3 aromatic rings. The molecule has 0 unspecified atom stereocenters. The predicted molar refractivity (Wildman–Crippen MR) is 120 cm³/mol. The molecule has 11 heteroatoms. The summed E-state index contributed by atoms with van der Waals surface area (Å²) in [5.74, 6) is -0.265. The third-order valence-corrected chi connectivity index (χ3v) is 6.55. The van der Waals surface area contributed by atoms with Crippen molar-refractivity contribution in [3.63, 3.8) is 0 Å². The molecule has 0 aliphatic carbocycles. The Morgan fingerprint density at radius 3 is 2.64 bits per heavy atom. The first-order valence-corrected chi connectivity index (χ1v) is 11.0. The third-order valence-electron chi connectivity index (χ3n) is 5.28. The quantitative estimate of drug-likeness (QED) is 0.501. The summed E-state index contributed by atoms with van der Waals surface area (Å²) in [6.07, 6.45) is -1.27. The normalized spacial score (nSPS) is 17.8. The number of nitrogens with zero attached hydrogens (tertiary/aromatic N) is 4. The highest BCUT2D eigenvalue weighted by Gasteiger charge is 2.34. The number of thioether (sulfide) groups is 1. The van der Waals surface area contributed by atoms with Crippen molar-refractivity contribution in [2.24, 2.45) is 4.99 Å². The van der Waals surface area contributed by atoms with E-state index in [1.807, 2.05) is 0 Å². The van der Waals surface area contributed by atoms with Crippen LogP contribution in [0, 0.1) is 0 Å². The fourth-order valence-corrected chi connectivity index (χ4v) is 4.72. The van der Waals surface area contributed by atoms with Crippen LogP contribution in [0.1, 0.15) is 16.7 Å². The Hall–Kier alpha value is -3.11. The molecule has 0 N–H and O–H groups in total. The number of carbonyl (C=O) groups excluding carboxylic acids is 2. The largest absolute Gasteiger partial charge is 0.416 e. The molecule has 0 saturated carbocycles. The molecule has 2 aromatic carbocycles. The number of ketones is 1. The number of aromatic nitrogens is 2. The maximum atomic E-state index is 13.4. The molecule has 1 aromatic heterocycles. The van der Waals surface area contributed by atoms with Gasteiger partial charge in [-0.05, 0) is 53.2 Å². The summed E-state index contributed by atoms with van der Waals surface area (Å²) >= 11 is 6.98. The Kier molecular flexibility index (Phi) is 5.29. The topological polar surface area (TPSA) is 67.6 Å². The number of Topliss-reactive ketones (excluding diaryl/α,β-unsaturated/α-hetero) is 1. The van der Waals surface area contributed by atoms with Gasteiger partial charge in [-0.2, -0.15) is 23.3 Å².